The highest BCUT2D eigenvalue weighted by Crippen LogP contribution is 2.40. The van der Waals surface area contributed by atoms with Crippen LogP contribution in [-0.2, 0) is 24.4 Å². The maximum absolute atomic E-state index is 13.5. The first-order valence-corrected chi connectivity index (χ1v) is 13.3. The first-order valence-electron chi connectivity index (χ1n) is 11.8. The van der Waals surface area contributed by atoms with Gasteiger partial charge in [0.1, 0.15) is 0 Å². The fourth-order valence-electron chi connectivity index (χ4n) is 5.41. The molecule has 3 heterocycles. The Bertz CT molecular complexity index is 874. The van der Waals surface area contributed by atoms with Crippen molar-refractivity contribution >= 4 is 22.0 Å². The van der Waals surface area contributed by atoms with Crippen molar-refractivity contribution in [2.24, 2.45) is 11.8 Å². The summed E-state index contributed by atoms with van der Waals surface area (Å²) in [4.78, 5) is 35.5. The lowest BCUT2D eigenvalue weighted by atomic mass is 9.80. The molecule has 5 fully saturated rings. The van der Waals surface area contributed by atoms with E-state index in [1.54, 1.807) is 0 Å². The van der Waals surface area contributed by atoms with Crippen molar-refractivity contribution in [3.05, 3.63) is 0 Å². The summed E-state index contributed by atoms with van der Waals surface area (Å²) in [5.74, 6) is -0.512. The topological polar surface area (TPSA) is 117 Å². The van der Waals surface area contributed by atoms with Gasteiger partial charge in [-0.3, -0.25) is 14.5 Å². The smallest absolute Gasteiger partial charge is 0.327 e. The van der Waals surface area contributed by atoms with Gasteiger partial charge >= 0.3 is 6.03 Å². The molecule has 3 aliphatic heterocycles. The van der Waals surface area contributed by atoms with Crippen molar-refractivity contribution < 1.29 is 27.6 Å². The molecule has 0 bridgehead atoms. The average molecular weight is 471 g/mol. The van der Waals surface area contributed by atoms with Crippen LogP contribution in [0.4, 0.5) is 4.79 Å². The molecule has 5 atom stereocenters. The number of carbonyl (C=O) groups excluding carboxylic acids is 2. The van der Waals surface area contributed by atoms with E-state index >= 15 is 0 Å². The minimum atomic E-state index is -3.53. The molecule has 0 aromatic carbocycles. The van der Waals surface area contributed by atoms with Gasteiger partial charge in [-0.25, -0.2) is 17.9 Å². The number of amides is 3. The molecule has 0 radical (unpaired) electrons. The first kappa shape index (κ1) is 22.5. The highest BCUT2D eigenvalue weighted by molar-refractivity contribution is 7.90. The molecule has 180 valence electrons. The number of fused-ring (bicyclic) bond motifs is 1. The summed E-state index contributed by atoms with van der Waals surface area (Å²) in [6.07, 6.45) is 3.36. The van der Waals surface area contributed by atoms with E-state index in [4.69, 9.17) is 9.57 Å². The Kier molecular flexibility index (Phi) is 5.77. The summed E-state index contributed by atoms with van der Waals surface area (Å²) in [6, 6.07) is -0.377. The standard InChI is InChI=1S/C21H34N4O6S/c1-13-7-15(31-22-13)10-25-19(26)17-8-16(32(28,29)23-21(2)5-6-21)3-4-18(17)24(20(25)27)9-14-11-30-12-14/h13-18,22-23H,3-12H2,1-2H3. The third-order valence-corrected chi connectivity index (χ3v) is 9.74. The molecule has 2 saturated carbocycles. The van der Waals surface area contributed by atoms with Crippen LogP contribution in [0.2, 0.25) is 0 Å². The number of imide groups is 1. The third kappa shape index (κ3) is 4.29. The molecular weight excluding hydrogens is 436 g/mol. The van der Waals surface area contributed by atoms with Crippen molar-refractivity contribution in [3.8, 4) is 0 Å². The lowest BCUT2D eigenvalue weighted by molar-refractivity contribution is -0.144. The van der Waals surface area contributed by atoms with Crippen LogP contribution in [0.3, 0.4) is 0 Å². The second kappa shape index (κ2) is 8.19. The monoisotopic (exact) mass is 470 g/mol. The minimum absolute atomic E-state index is 0.157. The number of hydrogen-bond donors (Lipinski definition) is 2. The Morgan fingerprint density at radius 2 is 1.91 bits per heavy atom. The van der Waals surface area contributed by atoms with Crippen LogP contribution >= 0.6 is 0 Å². The van der Waals surface area contributed by atoms with Crippen molar-refractivity contribution in [2.45, 2.75) is 81.3 Å². The Morgan fingerprint density at radius 3 is 2.50 bits per heavy atom. The highest BCUT2D eigenvalue weighted by Gasteiger charge is 2.53. The maximum atomic E-state index is 13.5. The molecule has 2 aliphatic carbocycles. The number of carbonyl (C=O) groups is 2. The SMILES string of the molecule is CC1CC(CN2C(=O)C3CC(S(=O)(=O)NC4(C)CC4)CCC3N(CC3COC3)C2=O)ON1. The van der Waals surface area contributed by atoms with Crippen molar-refractivity contribution in [2.75, 3.05) is 26.3 Å². The molecule has 3 saturated heterocycles. The minimum Gasteiger partial charge on any atom is -0.381 e. The van der Waals surface area contributed by atoms with Crippen molar-refractivity contribution in [1.82, 2.24) is 20.0 Å². The van der Waals surface area contributed by atoms with E-state index in [2.05, 4.69) is 10.2 Å². The molecule has 10 nitrogen and oxygen atoms in total. The van der Waals surface area contributed by atoms with Crippen molar-refractivity contribution in [1.29, 1.82) is 0 Å². The summed E-state index contributed by atoms with van der Waals surface area (Å²) in [5, 5.41) is -0.613. The molecule has 0 spiro atoms. The summed E-state index contributed by atoms with van der Waals surface area (Å²) in [5.41, 5.74) is 2.56. The molecule has 32 heavy (non-hydrogen) atoms. The molecule has 0 aromatic rings. The number of urea groups is 1. The number of ether oxygens (including phenoxy) is 1. The van der Waals surface area contributed by atoms with Gasteiger partial charge in [-0.1, -0.05) is 0 Å². The molecule has 5 aliphatic rings. The average Bonchev–Trinajstić information content (AvgIpc) is 3.27. The van der Waals surface area contributed by atoms with E-state index < -0.39 is 21.2 Å². The number of hydrogen-bond acceptors (Lipinski definition) is 7. The maximum Gasteiger partial charge on any atom is 0.327 e. The Balaban J connectivity index is 1.35. The van der Waals surface area contributed by atoms with Crippen LogP contribution in [0.1, 0.15) is 52.4 Å². The first-order chi connectivity index (χ1) is 15.2. The van der Waals surface area contributed by atoms with Crippen LogP contribution in [0.5, 0.6) is 0 Å². The van der Waals surface area contributed by atoms with Gasteiger partial charge in [0.2, 0.25) is 15.9 Å². The van der Waals surface area contributed by atoms with Gasteiger partial charge in [0.25, 0.3) is 0 Å². The number of rotatable bonds is 7. The second-order valence-corrected chi connectivity index (χ2v) is 12.6. The molecule has 11 heteroatoms. The lowest BCUT2D eigenvalue weighted by Gasteiger charge is -2.49. The quantitative estimate of drug-likeness (QED) is 0.559. The number of nitrogens with zero attached hydrogens (tertiary/aromatic N) is 2. The zero-order valence-corrected chi connectivity index (χ0v) is 19.6. The Hall–Kier alpha value is -1.27. The van der Waals surface area contributed by atoms with Crippen LogP contribution in [0, 0.1) is 11.8 Å². The molecule has 5 unspecified atom stereocenters. The van der Waals surface area contributed by atoms with Gasteiger partial charge in [-0.15, -0.1) is 0 Å². The van der Waals surface area contributed by atoms with Gasteiger partial charge < -0.3 is 9.64 Å². The van der Waals surface area contributed by atoms with E-state index in [0.29, 0.717) is 39.0 Å². The predicted octanol–water partition coefficient (Wildman–Crippen LogP) is 0.588. The van der Waals surface area contributed by atoms with E-state index in [1.807, 2.05) is 18.7 Å². The fourth-order valence-corrected chi connectivity index (χ4v) is 7.38. The summed E-state index contributed by atoms with van der Waals surface area (Å²) in [6.45, 7) is 5.86. The molecule has 3 amide bonds. The highest BCUT2D eigenvalue weighted by atomic mass is 32.2. The normalized spacial score (nSPS) is 37.4. The van der Waals surface area contributed by atoms with Crippen LogP contribution in [-0.4, -0.2) is 85.4 Å². The fraction of sp³-hybridized carbons (Fsp3) is 0.905. The van der Waals surface area contributed by atoms with E-state index in [1.165, 1.54) is 4.90 Å². The lowest BCUT2D eigenvalue weighted by Crippen LogP contribution is -2.66. The van der Waals surface area contributed by atoms with Gasteiger partial charge in [-0.05, 0) is 52.4 Å². The Labute approximate surface area is 189 Å². The van der Waals surface area contributed by atoms with Gasteiger partial charge in [0.05, 0.1) is 37.0 Å². The number of nitrogens with one attached hydrogen (secondary N) is 2. The van der Waals surface area contributed by atoms with Gasteiger partial charge in [0, 0.05) is 30.1 Å². The third-order valence-electron chi connectivity index (χ3n) is 7.65. The van der Waals surface area contributed by atoms with E-state index in [9.17, 15) is 18.0 Å². The zero-order chi connectivity index (χ0) is 22.7. The molecular formula is C21H34N4O6S. The zero-order valence-electron chi connectivity index (χ0n) is 18.8. The van der Waals surface area contributed by atoms with Gasteiger partial charge in [0.15, 0.2) is 0 Å². The second-order valence-electron chi connectivity index (χ2n) is 10.6. The van der Waals surface area contributed by atoms with Crippen molar-refractivity contribution in [3.63, 3.8) is 0 Å². The number of hydroxylamine groups is 1. The Morgan fingerprint density at radius 1 is 1.16 bits per heavy atom. The molecule has 0 aromatic heterocycles. The van der Waals surface area contributed by atoms with Crippen LogP contribution in [0.25, 0.3) is 0 Å². The summed E-state index contributed by atoms with van der Waals surface area (Å²) in [7, 11) is -3.53. The number of sulfonamides is 1. The summed E-state index contributed by atoms with van der Waals surface area (Å²) >= 11 is 0. The van der Waals surface area contributed by atoms with E-state index in [-0.39, 0.29) is 54.5 Å². The summed E-state index contributed by atoms with van der Waals surface area (Å²) < 4.78 is 34.2. The molecule has 5 rings (SSSR count). The molecule has 2 N–H and O–H groups in total. The largest absolute Gasteiger partial charge is 0.381 e. The van der Waals surface area contributed by atoms with Crippen LogP contribution in [0.15, 0.2) is 0 Å². The van der Waals surface area contributed by atoms with Gasteiger partial charge in [-0.2, -0.15) is 5.48 Å². The predicted molar refractivity (Wildman–Crippen MR) is 115 cm³/mol. The van der Waals surface area contributed by atoms with Crippen LogP contribution < -0.4 is 10.2 Å². The van der Waals surface area contributed by atoms with E-state index in [0.717, 1.165) is 12.8 Å².